The van der Waals surface area contributed by atoms with Crippen LogP contribution in [0.25, 0.3) is 0 Å². The molecule has 0 aromatic heterocycles. The van der Waals surface area contributed by atoms with E-state index in [1.54, 1.807) is 24.3 Å². The predicted octanol–water partition coefficient (Wildman–Crippen LogP) is 0.264. The first-order valence-electron chi connectivity index (χ1n) is 8.46. The number of sulfonamides is 1. The summed E-state index contributed by atoms with van der Waals surface area (Å²) in [6.07, 6.45) is 1.30. The van der Waals surface area contributed by atoms with E-state index in [-0.39, 0.29) is 36.2 Å². The third kappa shape index (κ3) is 4.22. The normalized spacial score (nSPS) is 17.3. The number of aliphatic hydroxyl groups excluding tert-OH is 1. The molecule has 0 radical (unpaired) electrons. The van der Waals surface area contributed by atoms with Gasteiger partial charge in [0.25, 0.3) is 5.91 Å². The van der Waals surface area contributed by atoms with Gasteiger partial charge in [0.1, 0.15) is 5.70 Å². The van der Waals surface area contributed by atoms with Gasteiger partial charge in [-0.3, -0.25) is 9.52 Å². The molecular weight excluding hydrogens is 374 g/mol. The lowest BCUT2D eigenvalue weighted by Crippen LogP contribution is -2.31. The molecule has 146 valence electrons. The van der Waals surface area contributed by atoms with Gasteiger partial charge >= 0.3 is 5.97 Å². The highest BCUT2D eigenvalue weighted by atomic mass is 32.2. The maximum absolute atomic E-state index is 12.5. The molecule has 0 unspecified atom stereocenters. The first-order valence-corrected chi connectivity index (χ1v) is 10.0. The van der Waals surface area contributed by atoms with Gasteiger partial charge in [0, 0.05) is 12.2 Å². The van der Waals surface area contributed by atoms with Crippen LogP contribution in [0.3, 0.4) is 0 Å². The van der Waals surface area contributed by atoms with Crippen LogP contribution in [0.1, 0.15) is 12.8 Å². The van der Waals surface area contributed by atoms with Crippen LogP contribution >= 0.6 is 0 Å². The number of amides is 1. The maximum Gasteiger partial charge on any atom is 0.337 e. The molecule has 1 aliphatic heterocycles. The zero-order chi connectivity index (χ0) is 19.6. The topological polar surface area (TPSA) is 125 Å². The zero-order valence-electron chi connectivity index (χ0n) is 14.8. The van der Waals surface area contributed by atoms with Crippen LogP contribution in [0.2, 0.25) is 0 Å². The van der Waals surface area contributed by atoms with E-state index in [1.807, 2.05) is 0 Å². The lowest BCUT2D eigenvalue weighted by atomic mass is 10.2. The number of nitrogens with one attached hydrogen (secondary N) is 2. The molecule has 9 nitrogen and oxygen atoms in total. The van der Waals surface area contributed by atoms with Crippen molar-refractivity contribution in [2.75, 3.05) is 36.8 Å². The van der Waals surface area contributed by atoms with E-state index in [4.69, 9.17) is 9.84 Å². The molecule has 1 heterocycles. The Kier molecular flexibility index (Phi) is 5.38. The smallest absolute Gasteiger partial charge is 0.337 e. The van der Waals surface area contributed by atoms with Gasteiger partial charge < -0.3 is 20.1 Å². The van der Waals surface area contributed by atoms with Crippen LogP contribution in [0.4, 0.5) is 11.4 Å². The minimum absolute atomic E-state index is 0.0302. The molecule has 0 saturated heterocycles. The van der Waals surface area contributed by atoms with Crippen molar-refractivity contribution >= 4 is 33.3 Å². The molecule has 1 amide bonds. The van der Waals surface area contributed by atoms with E-state index in [0.717, 1.165) is 0 Å². The van der Waals surface area contributed by atoms with Crippen LogP contribution in [0.15, 0.2) is 35.5 Å². The molecule has 1 aromatic rings. The molecule has 0 spiro atoms. The number of aliphatic hydroxyl groups is 1. The Labute approximate surface area is 157 Å². The number of esters is 1. The second kappa shape index (κ2) is 7.57. The first-order chi connectivity index (χ1) is 12.9. The molecule has 3 N–H and O–H groups in total. The van der Waals surface area contributed by atoms with Crippen molar-refractivity contribution in [2.45, 2.75) is 18.1 Å². The summed E-state index contributed by atoms with van der Waals surface area (Å²) < 4.78 is 31.4. The van der Waals surface area contributed by atoms with Gasteiger partial charge in [-0.05, 0) is 31.0 Å². The summed E-state index contributed by atoms with van der Waals surface area (Å²) in [5.74, 6) is -1.08. The summed E-state index contributed by atoms with van der Waals surface area (Å²) in [6, 6.07) is 6.44. The van der Waals surface area contributed by atoms with Crippen molar-refractivity contribution in [3.8, 4) is 0 Å². The molecule has 1 aromatic carbocycles. The van der Waals surface area contributed by atoms with Gasteiger partial charge in [-0.1, -0.05) is 6.07 Å². The number of rotatable bonds is 8. The summed E-state index contributed by atoms with van der Waals surface area (Å²) in [5.41, 5.74) is 1.02. The summed E-state index contributed by atoms with van der Waals surface area (Å²) >= 11 is 0. The Morgan fingerprint density at radius 2 is 2.04 bits per heavy atom. The van der Waals surface area contributed by atoms with Crippen molar-refractivity contribution in [2.24, 2.45) is 0 Å². The van der Waals surface area contributed by atoms with Crippen molar-refractivity contribution in [3.63, 3.8) is 0 Å². The predicted molar refractivity (Wildman–Crippen MR) is 98.3 cm³/mol. The third-order valence-electron chi connectivity index (χ3n) is 4.31. The lowest BCUT2D eigenvalue weighted by Gasteiger charge is -2.15. The third-order valence-corrected chi connectivity index (χ3v) is 6.18. The fourth-order valence-corrected chi connectivity index (χ4v) is 4.16. The van der Waals surface area contributed by atoms with E-state index < -0.39 is 21.9 Å². The number of benzene rings is 1. The Morgan fingerprint density at radius 3 is 2.67 bits per heavy atom. The van der Waals surface area contributed by atoms with E-state index in [9.17, 15) is 18.0 Å². The number of methoxy groups -OCH3 is 1. The van der Waals surface area contributed by atoms with Gasteiger partial charge in [0.2, 0.25) is 10.0 Å². The quantitative estimate of drug-likeness (QED) is 0.539. The van der Waals surface area contributed by atoms with Gasteiger partial charge in [-0.15, -0.1) is 0 Å². The number of carbonyl (C=O) groups excluding carboxylic acids is 2. The average Bonchev–Trinajstić information content (AvgIpc) is 3.44. The Bertz CT molecular complexity index is 892. The average molecular weight is 395 g/mol. The van der Waals surface area contributed by atoms with E-state index in [0.29, 0.717) is 24.2 Å². The molecule has 3 rings (SSSR count). The second-order valence-corrected chi connectivity index (χ2v) is 8.31. The fourth-order valence-electron chi connectivity index (χ4n) is 2.78. The lowest BCUT2D eigenvalue weighted by molar-refractivity contribution is -0.136. The fraction of sp³-hybridized carbons (Fsp3) is 0.412. The molecular formula is C17H21N3O6S. The molecule has 1 fully saturated rings. The van der Waals surface area contributed by atoms with Crippen molar-refractivity contribution in [1.82, 2.24) is 4.90 Å². The molecule has 0 atom stereocenters. The van der Waals surface area contributed by atoms with Gasteiger partial charge in [-0.25, -0.2) is 13.2 Å². The molecule has 1 saturated carbocycles. The monoisotopic (exact) mass is 395 g/mol. The maximum atomic E-state index is 12.5. The van der Waals surface area contributed by atoms with Gasteiger partial charge in [0.15, 0.2) is 0 Å². The summed E-state index contributed by atoms with van der Waals surface area (Å²) in [5, 5.41) is 11.6. The standard InChI is InChI=1S/C17H21N3O6S/c1-26-17(23)14-10-20(7-8-21)16(22)15(14)18-11-3-2-4-12(9-11)19-27(24,25)13-5-6-13/h2-4,9,13,18-19,21H,5-8,10H2,1H3. The van der Waals surface area contributed by atoms with E-state index >= 15 is 0 Å². The van der Waals surface area contributed by atoms with Crippen LogP contribution in [-0.2, 0) is 24.3 Å². The van der Waals surface area contributed by atoms with Gasteiger partial charge in [0.05, 0.1) is 36.8 Å². The van der Waals surface area contributed by atoms with Crippen molar-refractivity contribution < 1.29 is 27.9 Å². The van der Waals surface area contributed by atoms with Crippen molar-refractivity contribution in [3.05, 3.63) is 35.5 Å². The highest BCUT2D eigenvalue weighted by Gasteiger charge is 2.36. The number of carbonyl (C=O) groups is 2. The number of hydrogen-bond acceptors (Lipinski definition) is 7. The minimum Gasteiger partial charge on any atom is -0.466 e. The molecule has 1 aliphatic carbocycles. The highest BCUT2D eigenvalue weighted by Crippen LogP contribution is 2.30. The van der Waals surface area contributed by atoms with Crippen LogP contribution in [0, 0.1) is 0 Å². The number of hydrogen-bond donors (Lipinski definition) is 3. The molecule has 2 aliphatic rings. The molecule has 0 bridgehead atoms. The van der Waals surface area contributed by atoms with Crippen molar-refractivity contribution in [1.29, 1.82) is 0 Å². The summed E-state index contributed by atoms with van der Waals surface area (Å²) in [6.45, 7) is -0.111. The number of nitrogens with zero attached hydrogens (tertiary/aromatic N) is 1. The van der Waals surface area contributed by atoms with Crippen LogP contribution < -0.4 is 10.0 Å². The minimum atomic E-state index is -3.41. The Morgan fingerprint density at radius 1 is 1.33 bits per heavy atom. The van der Waals surface area contributed by atoms with Crippen LogP contribution in [0.5, 0.6) is 0 Å². The van der Waals surface area contributed by atoms with E-state index in [1.165, 1.54) is 12.0 Å². The second-order valence-electron chi connectivity index (χ2n) is 6.35. The molecule has 27 heavy (non-hydrogen) atoms. The Balaban J connectivity index is 1.82. The van der Waals surface area contributed by atoms with Crippen LogP contribution in [-0.4, -0.2) is 62.4 Å². The van der Waals surface area contributed by atoms with Gasteiger partial charge in [-0.2, -0.15) is 0 Å². The zero-order valence-corrected chi connectivity index (χ0v) is 15.6. The largest absolute Gasteiger partial charge is 0.466 e. The highest BCUT2D eigenvalue weighted by molar-refractivity contribution is 7.93. The molecule has 10 heteroatoms. The number of β-amino-alcohol motifs (C(OH)–C–C–N with tert-alkyl or cyclic N) is 1. The van der Waals surface area contributed by atoms with E-state index in [2.05, 4.69) is 10.0 Å². The Hall–Kier alpha value is -2.59. The number of ether oxygens (including phenoxy) is 1. The summed E-state index contributed by atoms with van der Waals surface area (Å²) in [7, 11) is -2.18. The summed E-state index contributed by atoms with van der Waals surface area (Å²) in [4.78, 5) is 25.8. The first kappa shape index (κ1) is 19.2. The SMILES string of the molecule is COC(=O)C1=C(Nc2cccc(NS(=O)(=O)C3CC3)c2)C(=O)N(CCO)C1. The number of anilines is 2.